The van der Waals surface area contributed by atoms with Crippen molar-refractivity contribution in [3.63, 3.8) is 0 Å². The van der Waals surface area contributed by atoms with Crippen LogP contribution in [0.2, 0.25) is 0 Å². The lowest BCUT2D eigenvalue weighted by Crippen LogP contribution is -2.16. The van der Waals surface area contributed by atoms with Crippen LogP contribution in [0.15, 0.2) is 30.3 Å². The summed E-state index contributed by atoms with van der Waals surface area (Å²) in [5.74, 6) is 0. The van der Waals surface area contributed by atoms with Crippen molar-refractivity contribution < 1.29 is 0 Å². The van der Waals surface area contributed by atoms with Gasteiger partial charge in [-0.05, 0) is 39.8 Å². The average Bonchev–Trinajstić information content (AvgIpc) is 2.54. The third-order valence-electron chi connectivity index (χ3n) is 3.56. The number of hydrogen-bond acceptors (Lipinski definition) is 1. The van der Waals surface area contributed by atoms with Crippen LogP contribution in [0.4, 0.5) is 0 Å². The number of nitriles is 1. The standard InChI is InChI=1S/C15H13N/c1-15(2)8-11-5-3-4-10-6-7-12(9-16)14(15)13(10)11/h3-7H,8H2,1-2H3. The lowest BCUT2D eigenvalue weighted by Gasteiger charge is -2.20. The Morgan fingerprint density at radius 2 is 2.00 bits per heavy atom. The second kappa shape index (κ2) is 2.86. The first-order chi connectivity index (χ1) is 7.63. The fourth-order valence-electron chi connectivity index (χ4n) is 2.96. The van der Waals surface area contributed by atoms with Crippen LogP contribution in [0, 0.1) is 11.3 Å². The second-order valence-corrected chi connectivity index (χ2v) is 5.18. The van der Waals surface area contributed by atoms with E-state index in [1.54, 1.807) is 0 Å². The van der Waals surface area contributed by atoms with E-state index in [-0.39, 0.29) is 5.41 Å². The van der Waals surface area contributed by atoms with Crippen molar-refractivity contribution in [3.05, 3.63) is 47.0 Å². The van der Waals surface area contributed by atoms with Crippen LogP contribution in [0.1, 0.15) is 30.5 Å². The lowest BCUT2D eigenvalue weighted by molar-refractivity contribution is 0.545. The summed E-state index contributed by atoms with van der Waals surface area (Å²) in [4.78, 5) is 0. The van der Waals surface area contributed by atoms with Crippen molar-refractivity contribution in [1.82, 2.24) is 0 Å². The molecule has 0 aromatic heterocycles. The van der Waals surface area contributed by atoms with Crippen LogP contribution >= 0.6 is 0 Å². The maximum atomic E-state index is 9.21. The summed E-state index contributed by atoms with van der Waals surface area (Å²) in [6, 6.07) is 12.8. The van der Waals surface area contributed by atoms with Gasteiger partial charge in [0.2, 0.25) is 0 Å². The Labute approximate surface area is 95.3 Å². The van der Waals surface area contributed by atoms with Gasteiger partial charge in [0.25, 0.3) is 0 Å². The molecule has 0 heterocycles. The van der Waals surface area contributed by atoms with Gasteiger partial charge in [0, 0.05) is 0 Å². The normalized spacial score (nSPS) is 16.3. The van der Waals surface area contributed by atoms with Gasteiger partial charge in [-0.1, -0.05) is 38.1 Å². The summed E-state index contributed by atoms with van der Waals surface area (Å²) in [6.45, 7) is 4.45. The minimum Gasteiger partial charge on any atom is -0.192 e. The Balaban J connectivity index is 2.54. The molecule has 0 unspecified atom stereocenters. The molecule has 1 heteroatoms. The molecule has 0 radical (unpaired) electrons. The van der Waals surface area contributed by atoms with Crippen LogP contribution in [0.3, 0.4) is 0 Å². The van der Waals surface area contributed by atoms with Crippen molar-refractivity contribution in [2.45, 2.75) is 25.7 Å². The van der Waals surface area contributed by atoms with Crippen LogP contribution in [0.25, 0.3) is 10.8 Å². The molecule has 0 spiro atoms. The van der Waals surface area contributed by atoms with Crippen LogP contribution in [-0.2, 0) is 11.8 Å². The molecule has 1 aliphatic rings. The van der Waals surface area contributed by atoms with E-state index in [4.69, 9.17) is 0 Å². The highest BCUT2D eigenvalue weighted by Crippen LogP contribution is 2.43. The Hall–Kier alpha value is -1.81. The van der Waals surface area contributed by atoms with E-state index in [2.05, 4.69) is 44.2 Å². The molecule has 0 fully saturated rings. The molecule has 78 valence electrons. The van der Waals surface area contributed by atoms with E-state index < -0.39 is 0 Å². The maximum absolute atomic E-state index is 9.21. The van der Waals surface area contributed by atoms with Crippen LogP contribution in [-0.4, -0.2) is 0 Å². The molecule has 1 nitrogen and oxygen atoms in total. The Kier molecular flexibility index (Phi) is 1.68. The van der Waals surface area contributed by atoms with E-state index in [1.807, 2.05) is 6.07 Å². The quantitative estimate of drug-likeness (QED) is 0.648. The predicted molar refractivity (Wildman–Crippen MR) is 65.4 cm³/mol. The summed E-state index contributed by atoms with van der Waals surface area (Å²) in [5, 5.41) is 11.8. The number of nitrogens with zero attached hydrogens (tertiary/aromatic N) is 1. The lowest BCUT2D eigenvalue weighted by atomic mass is 9.83. The number of hydrogen-bond donors (Lipinski definition) is 0. The topological polar surface area (TPSA) is 23.8 Å². The maximum Gasteiger partial charge on any atom is 0.0994 e. The summed E-state index contributed by atoms with van der Waals surface area (Å²) in [5.41, 5.74) is 3.55. The van der Waals surface area contributed by atoms with Gasteiger partial charge in [-0.3, -0.25) is 0 Å². The van der Waals surface area contributed by atoms with E-state index in [0.717, 1.165) is 12.0 Å². The van der Waals surface area contributed by atoms with E-state index >= 15 is 0 Å². The summed E-state index contributed by atoms with van der Waals surface area (Å²) in [6.07, 6.45) is 1.04. The molecule has 0 saturated carbocycles. The van der Waals surface area contributed by atoms with Gasteiger partial charge >= 0.3 is 0 Å². The van der Waals surface area contributed by atoms with Gasteiger partial charge in [-0.2, -0.15) is 5.26 Å². The summed E-state index contributed by atoms with van der Waals surface area (Å²) in [7, 11) is 0. The van der Waals surface area contributed by atoms with Crippen molar-refractivity contribution in [1.29, 1.82) is 5.26 Å². The molecule has 0 N–H and O–H groups in total. The van der Waals surface area contributed by atoms with E-state index in [9.17, 15) is 5.26 Å². The minimum absolute atomic E-state index is 0.0915. The highest BCUT2D eigenvalue weighted by molar-refractivity contribution is 5.93. The Bertz CT molecular complexity index is 630. The molecule has 0 atom stereocenters. The first-order valence-corrected chi connectivity index (χ1v) is 5.59. The zero-order chi connectivity index (χ0) is 11.3. The highest BCUT2D eigenvalue weighted by Gasteiger charge is 2.33. The largest absolute Gasteiger partial charge is 0.192 e. The monoisotopic (exact) mass is 207 g/mol. The van der Waals surface area contributed by atoms with Crippen molar-refractivity contribution >= 4 is 10.8 Å². The van der Waals surface area contributed by atoms with Gasteiger partial charge in [0.05, 0.1) is 11.6 Å². The number of benzene rings is 2. The molecule has 0 saturated heterocycles. The minimum atomic E-state index is 0.0915. The molecule has 2 aromatic carbocycles. The fraction of sp³-hybridized carbons (Fsp3) is 0.267. The SMILES string of the molecule is CC1(C)Cc2cccc3ccc(C#N)c1c23. The molecule has 0 amide bonds. The predicted octanol–water partition coefficient (Wildman–Crippen LogP) is 3.55. The zero-order valence-corrected chi connectivity index (χ0v) is 9.54. The molecule has 16 heavy (non-hydrogen) atoms. The fourth-order valence-corrected chi connectivity index (χ4v) is 2.96. The molecule has 3 rings (SSSR count). The molecule has 2 aromatic rings. The van der Waals surface area contributed by atoms with Gasteiger partial charge in [0.1, 0.15) is 0 Å². The van der Waals surface area contributed by atoms with Gasteiger partial charge in [-0.15, -0.1) is 0 Å². The van der Waals surface area contributed by atoms with Gasteiger partial charge in [0.15, 0.2) is 0 Å². The Morgan fingerprint density at radius 3 is 2.75 bits per heavy atom. The number of rotatable bonds is 0. The van der Waals surface area contributed by atoms with Gasteiger partial charge < -0.3 is 0 Å². The van der Waals surface area contributed by atoms with Crippen LogP contribution < -0.4 is 0 Å². The van der Waals surface area contributed by atoms with Gasteiger partial charge in [-0.25, -0.2) is 0 Å². The van der Waals surface area contributed by atoms with E-state index in [1.165, 1.54) is 21.9 Å². The first kappa shape index (κ1) is 9.42. The van der Waals surface area contributed by atoms with E-state index in [0.29, 0.717) is 0 Å². The zero-order valence-electron chi connectivity index (χ0n) is 9.54. The molecule has 0 bridgehead atoms. The molecular weight excluding hydrogens is 194 g/mol. The average molecular weight is 207 g/mol. The Morgan fingerprint density at radius 1 is 1.19 bits per heavy atom. The summed E-state index contributed by atoms with van der Waals surface area (Å²) < 4.78 is 0. The smallest absolute Gasteiger partial charge is 0.0994 e. The third kappa shape index (κ3) is 1.05. The third-order valence-corrected chi connectivity index (χ3v) is 3.56. The highest BCUT2D eigenvalue weighted by atomic mass is 14.4. The molecule has 0 aliphatic heterocycles. The van der Waals surface area contributed by atoms with Crippen molar-refractivity contribution in [3.8, 4) is 6.07 Å². The second-order valence-electron chi connectivity index (χ2n) is 5.18. The van der Waals surface area contributed by atoms with Crippen LogP contribution in [0.5, 0.6) is 0 Å². The summed E-state index contributed by atoms with van der Waals surface area (Å²) >= 11 is 0. The van der Waals surface area contributed by atoms with Crippen molar-refractivity contribution in [2.24, 2.45) is 0 Å². The molecular formula is C15H13N. The first-order valence-electron chi connectivity index (χ1n) is 5.59. The van der Waals surface area contributed by atoms with Crippen molar-refractivity contribution in [2.75, 3.05) is 0 Å². The molecule has 1 aliphatic carbocycles.